The summed E-state index contributed by atoms with van der Waals surface area (Å²) in [7, 11) is 0. The summed E-state index contributed by atoms with van der Waals surface area (Å²) in [5.74, 6) is 1.70. The van der Waals surface area contributed by atoms with E-state index in [9.17, 15) is 4.79 Å². The van der Waals surface area contributed by atoms with Crippen LogP contribution in [0.15, 0.2) is 84.9 Å². The first-order valence-corrected chi connectivity index (χ1v) is 9.63. The molecule has 0 saturated carbocycles. The topological polar surface area (TPSA) is 32.8 Å². The van der Waals surface area contributed by atoms with Crippen molar-refractivity contribution < 1.29 is 9.53 Å². The molecule has 1 atom stereocenters. The molecule has 28 heavy (non-hydrogen) atoms. The Kier molecular flexibility index (Phi) is 5.40. The van der Waals surface area contributed by atoms with Gasteiger partial charge in [0.05, 0.1) is 6.04 Å². The minimum absolute atomic E-state index is 0.138. The molecule has 1 saturated heterocycles. The highest BCUT2D eigenvalue weighted by Gasteiger charge is 2.32. The van der Waals surface area contributed by atoms with E-state index in [1.165, 1.54) is 5.56 Å². The molecule has 1 aliphatic heterocycles. The number of hydrogen-bond donors (Lipinski definition) is 0. The number of benzene rings is 3. The number of nitrogens with zero attached hydrogens (tertiary/aromatic N) is 2. The number of para-hydroxylation sites is 1. The first kappa shape index (κ1) is 18.3. The lowest BCUT2D eigenvalue weighted by molar-refractivity contribution is -0.125. The summed E-state index contributed by atoms with van der Waals surface area (Å²) < 4.78 is 5.84. The van der Waals surface area contributed by atoms with Gasteiger partial charge in [0.1, 0.15) is 11.5 Å². The van der Waals surface area contributed by atoms with Gasteiger partial charge in [0.25, 0.3) is 0 Å². The van der Waals surface area contributed by atoms with Crippen LogP contribution in [-0.4, -0.2) is 29.9 Å². The monoisotopic (exact) mass is 372 g/mol. The minimum Gasteiger partial charge on any atom is -0.457 e. The van der Waals surface area contributed by atoms with E-state index in [2.05, 4.69) is 17.0 Å². The molecule has 0 bridgehead atoms. The minimum atomic E-state index is -0.144. The van der Waals surface area contributed by atoms with Gasteiger partial charge in [-0.3, -0.25) is 9.69 Å². The van der Waals surface area contributed by atoms with Crippen LogP contribution < -0.4 is 9.64 Å². The van der Waals surface area contributed by atoms with Gasteiger partial charge in [0.15, 0.2) is 0 Å². The van der Waals surface area contributed by atoms with Crippen LogP contribution in [0.4, 0.5) is 5.69 Å². The van der Waals surface area contributed by atoms with E-state index in [1.807, 2.05) is 84.6 Å². The summed E-state index contributed by atoms with van der Waals surface area (Å²) >= 11 is 0. The second-order valence-corrected chi connectivity index (χ2v) is 7.03. The standard InChI is InChI=1S/C24H24N2O2/c1-19-24(27)26(17-16-25(19)18-20-8-4-2-5-9-20)21-12-14-23(15-13-21)28-22-10-6-3-7-11-22/h2-15,19H,16-18H2,1H3. The molecular formula is C24H24N2O2. The summed E-state index contributed by atoms with van der Waals surface area (Å²) in [6.07, 6.45) is 0. The SMILES string of the molecule is CC1C(=O)N(c2ccc(Oc3ccccc3)cc2)CCN1Cc1ccccc1. The van der Waals surface area contributed by atoms with Crippen molar-refractivity contribution in [2.75, 3.05) is 18.0 Å². The molecule has 4 heteroatoms. The molecule has 1 heterocycles. The quantitative estimate of drug-likeness (QED) is 0.650. The highest BCUT2D eigenvalue weighted by molar-refractivity contribution is 5.97. The lowest BCUT2D eigenvalue weighted by Gasteiger charge is -2.39. The lowest BCUT2D eigenvalue weighted by Crippen LogP contribution is -2.55. The fourth-order valence-corrected chi connectivity index (χ4v) is 3.52. The van der Waals surface area contributed by atoms with Crippen LogP contribution in [-0.2, 0) is 11.3 Å². The molecule has 1 unspecified atom stereocenters. The van der Waals surface area contributed by atoms with E-state index in [0.29, 0.717) is 6.54 Å². The number of amides is 1. The summed E-state index contributed by atoms with van der Waals surface area (Å²) in [6.45, 7) is 4.33. The van der Waals surface area contributed by atoms with Crippen molar-refractivity contribution in [1.82, 2.24) is 4.90 Å². The normalized spacial score (nSPS) is 17.5. The van der Waals surface area contributed by atoms with Crippen molar-refractivity contribution in [2.45, 2.75) is 19.5 Å². The predicted octanol–water partition coefficient (Wildman–Crippen LogP) is 4.72. The average Bonchev–Trinajstić information content (AvgIpc) is 2.74. The van der Waals surface area contributed by atoms with Gasteiger partial charge in [-0.05, 0) is 48.9 Å². The molecule has 1 aliphatic rings. The third-order valence-corrected chi connectivity index (χ3v) is 5.14. The highest BCUT2D eigenvalue weighted by Crippen LogP contribution is 2.26. The number of hydrogen-bond acceptors (Lipinski definition) is 3. The first-order chi connectivity index (χ1) is 13.7. The number of anilines is 1. The number of carbonyl (C=O) groups is 1. The van der Waals surface area contributed by atoms with Gasteiger partial charge in [-0.2, -0.15) is 0 Å². The maximum absolute atomic E-state index is 13.0. The Balaban J connectivity index is 1.42. The van der Waals surface area contributed by atoms with Crippen LogP contribution in [0, 0.1) is 0 Å². The third-order valence-electron chi connectivity index (χ3n) is 5.14. The van der Waals surface area contributed by atoms with Crippen LogP contribution in [0.5, 0.6) is 11.5 Å². The fourth-order valence-electron chi connectivity index (χ4n) is 3.52. The molecule has 4 nitrogen and oxygen atoms in total. The van der Waals surface area contributed by atoms with Gasteiger partial charge in [0, 0.05) is 25.3 Å². The van der Waals surface area contributed by atoms with Crippen LogP contribution >= 0.6 is 0 Å². The van der Waals surface area contributed by atoms with Gasteiger partial charge in [-0.1, -0.05) is 48.5 Å². The number of piperazine rings is 1. The van der Waals surface area contributed by atoms with Crippen LogP contribution in [0.2, 0.25) is 0 Å². The maximum Gasteiger partial charge on any atom is 0.244 e. The summed E-state index contributed by atoms with van der Waals surface area (Å²) in [4.78, 5) is 17.1. The van der Waals surface area contributed by atoms with E-state index in [-0.39, 0.29) is 11.9 Å². The highest BCUT2D eigenvalue weighted by atomic mass is 16.5. The van der Waals surface area contributed by atoms with E-state index in [4.69, 9.17) is 4.74 Å². The molecule has 0 N–H and O–H groups in total. The summed E-state index contributed by atoms with van der Waals surface area (Å²) in [6, 6.07) is 27.6. The van der Waals surface area contributed by atoms with Crippen LogP contribution in [0.3, 0.4) is 0 Å². The van der Waals surface area contributed by atoms with E-state index >= 15 is 0 Å². The van der Waals surface area contributed by atoms with E-state index in [1.54, 1.807) is 0 Å². The Morgan fingerprint density at radius 1 is 0.821 bits per heavy atom. The largest absolute Gasteiger partial charge is 0.457 e. The smallest absolute Gasteiger partial charge is 0.244 e. The Labute approximate surface area is 166 Å². The van der Waals surface area contributed by atoms with E-state index < -0.39 is 0 Å². The van der Waals surface area contributed by atoms with Gasteiger partial charge in [-0.15, -0.1) is 0 Å². The van der Waals surface area contributed by atoms with Crippen molar-refractivity contribution in [1.29, 1.82) is 0 Å². The van der Waals surface area contributed by atoms with Crippen molar-refractivity contribution in [2.24, 2.45) is 0 Å². The van der Waals surface area contributed by atoms with Crippen molar-refractivity contribution in [3.63, 3.8) is 0 Å². The molecular weight excluding hydrogens is 348 g/mol. The number of carbonyl (C=O) groups excluding carboxylic acids is 1. The zero-order valence-corrected chi connectivity index (χ0v) is 16.0. The average molecular weight is 372 g/mol. The number of ether oxygens (including phenoxy) is 1. The van der Waals surface area contributed by atoms with Crippen molar-refractivity contribution >= 4 is 11.6 Å². The summed E-state index contributed by atoms with van der Waals surface area (Å²) in [5.41, 5.74) is 2.15. The van der Waals surface area contributed by atoms with Gasteiger partial charge in [-0.25, -0.2) is 0 Å². The van der Waals surface area contributed by atoms with Gasteiger partial charge < -0.3 is 9.64 Å². The second-order valence-electron chi connectivity index (χ2n) is 7.03. The van der Waals surface area contributed by atoms with Gasteiger partial charge >= 0.3 is 0 Å². The zero-order valence-electron chi connectivity index (χ0n) is 16.0. The molecule has 1 amide bonds. The third kappa shape index (κ3) is 4.07. The molecule has 3 aromatic carbocycles. The second kappa shape index (κ2) is 8.28. The lowest BCUT2D eigenvalue weighted by atomic mass is 10.1. The molecule has 1 fully saturated rings. The number of rotatable bonds is 5. The Morgan fingerprint density at radius 3 is 2.11 bits per heavy atom. The Morgan fingerprint density at radius 2 is 1.43 bits per heavy atom. The van der Waals surface area contributed by atoms with Crippen LogP contribution in [0.25, 0.3) is 0 Å². The molecule has 142 valence electrons. The van der Waals surface area contributed by atoms with Gasteiger partial charge in [0.2, 0.25) is 5.91 Å². The van der Waals surface area contributed by atoms with Crippen molar-refractivity contribution in [3.05, 3.63) is 90.5 Å². The fraction of sp³-hybridized carbons (Fsp3) is 0.208. The first-order valence-electron chi connectivity index (χ1n) is 9.63. The molecule has 0 spiro atoms. The predicted molar refractivity (Wildman–Crippen MR) is 112 cm³/mol. The molecule has 0 aliphatic carbocycles. The molecule has 0 radical (unpaired) electrons. The molecule has 4 rings (SSSR count). The maximum atomic E-state index is 13.0. The zero-order chi connectivity index (χ0) is 19.3. The molecule has 3 aromatic rings. The molecule has 0 aromatic heterocycles. The van der Waals surface area contributed by atoms with Crippen molar-refractivity contribution in [3.8, 4) is 11.5 Å². The van der Waals surface area contributed by atoms with E-state index in [0.717, 1.165) is 30.3 Å². The Hall–Kier alpha value is -3.11. The Bertz CT molecular complexity index is 910. The van der Waals surface area contributed by atoms with Crippen LogP contribution in [0.1, 0.15) is 12.5 Å². The summed E-state index contributed by atoms with van der Waals surface area (Å²) in [5, 5.41) is 0.